The van der Waals surface area contributed by atoms with E-state index in [9.17, 15) is 14.4 Å². The van der Waals surface area contributed by atoms with E-state index in [-0.39, 0.29) is 30.2 Å². The normalized spacial score (nSPS) is 21.5. The van der Waals surface area contributed by atoms with Crippen LogP contribution in [0, 0.1) is 5.92 Å². The van der Waals surface area contributed by atoms with Gasteiger partial charge in [-0.05, 0) is 68.9 Å². The molecule has 3 aliphatic heterocycles. The van der Waals surface area contributed by atoms with Crippen LogP contribution >= 0.6 is 0 Å². The van der Waals surface area contributed by atoms with Crippen molar-refractivity contribution < 1.29 is 14.4 Å². The van der Waals surface area contributed by atoms with Gasteiger partial charge in [0, 0.05) is 44.0 Å². The molecule has 2 aromatic rings. The van der Waals surface area contributed by atoms with E-state index in [2.05, 4.69) is 21.7 Å². The Morgan fingerprint density at radius 1 is 0.970 bits per heavy atom. The number of fused-ring (bicyclic) bond motifs is 1. The number of rotatable bonds is 4. The SMILES string of the molecule is CC1CCCCN1C(=O)C1CCN(c2cccc3c2C(=O)N(Cc2ccncc2)C3=O)CC1. The number of hydrogen-bond donors (Lipinski definition) is 0. The lowest BCUT2D eigenvalue weighted by Gasteiger charge is -2.39. The molecule has 172 valence electrons. The molecule has 0 saturated carbocycles. The molecule has 7 nitrogen and oxygen atoms in total. The van der Waals surface area contributed by atoms with E-state index in [1.54, 1.807) is 18.5 Å². The van der Waals surface area contributed by atoms with Crippen molar-refractivity contribution in [1.29, 1.82) is 0 Å². The van der Waals surface area contributed by atoms with Gasteiger partial charge in [0.1, 0.15) is 0 Å². The van der Waals surface area contributed by atoms with Crippen LogP contribution < -0.4 is 4.90 Å². The highest BCUT2D eigenvalue weighted by Gasteiger charge is 2.39. The average molecular weight is 447 g/mol. The Labute approximate surface area is 194 Å². The van der Waals surface area contributed by atoms with Crippen LogP contribution in [0.25, 0.3) is 0 Å². The zero-order valence-electron chi connectivity index (χ0n) is 19.1. The van der Waals surface area contributed by atoms with E-state index in [1.807, 2.05) is 24.3 Å². The lowest BCUT2D eigenvalue weighted by molar-refractivity contribution is -0.139. The summed E-state index contributed by atoms with van der Waals surface area (Å²) < 4.78 is 0. The standard InChI is InChI=1S/C26H30N4O3/c1-18-5-2-3-14-29(18)24(31)20-10-15-28(16-11-20)22-7-4-6-21-23(22)26(33)30(25(21)32)17-19-8-12-27-13-9-19/h4,6-9,12-13,18,20H,2-3,5,10-11,14-17H2,1H3. The van der Waals surface area contributed by atoms with Crippen LogP contribution in [0.5, 0.6) is 0 Å². The van der Waals surface area contributed by atoms with Crippen LogP contribution in [0.15, 0.2) is 42.7 Å². The first-order valence-corrected chi connectivity index (χ1v) is 12.0. The predicted octanol–water partition coefficient (Wildman–Crippen LogP) is 3.50. The number of likely N-dealkylation sites (tertiary alicyclic amines) is 1. The zero-order chi connectivity index (χ0) is 22.9. The lowest BCUT2D eigenvalue weighted by Crippen LogP contribution is -2.48. The Morgan fingerprint density at radius 3 is 2.45 bits per heavy atom. The molecule has 0 radical (unpaired) electrons. The van der Waals surface area contributed by atoms with Crippen molar-refractivity contribution >= 4 is 23.4 Å². The van der Waals surface area contributed by atoms with Crippen LogP contribution in [0.2, 0.25) is 0 Å². The van der Waals surface area contributed by atoms with Gasteiger partial charge in [0.15, 0.2) is 0 Å². The van der Waals surface area contributed by atoms with E-state index < -0.39 is 0 Å². The summed E-state index contributed by atoms with van der Waals surface area (Å²) in [6, 6.07) is 9.47. The van der Waals surface area contributed by atoms with Crippen molar-refractivity contribution in [2.45, 2.75) is 51.6 Å². The fraction of sp³-hybridized carbons (Fsp3) is 0.462. The first-order chi connectivity index (χ1) is 16.0. The molecule has 3 aliphatic rings. The molecule has 0 N–H and O–H groups in total. The van der Waals surface area contributed by atoms with Gasteiger partial charge in [-0.2, -0.15) is 0 Å². The van der Waals surface area contributed by atoms with Gasteiger partial charge in [0.25, 0.3) is 11.8 Å². The van der Waals surface area contributed by atoms with Crippen LogP contribution in [0.1, 0.15) is 65.3 Å². The number of amides is 3. The molecule has 7 heteroatoms. The van der Waals surface area contributed by atoms with Crippen molar-refractivity contribution in [2.75, 3.05) is 24.5 Å². The maximum atomic E-state index is 13.3. The molecule has 0 bridgehead atoms. The molecule has 2 fully saturated rings. The summed E-state index contributed by atoms with van der Waals surface area (Å²) in [6.07, 6.45) is 8.25. The summed E-state index contributed by atoms with van der Waals surface area (Å²) in [7, 11) is 0. The third-order valence-electron chi connectivity index (χ3n) is 7.34. The highest BCUT2D eigenvalue weighted by atomic mass is 16.2. The number of carbonyl (C=O) groups is 3. The molecule has 1 aromatic carbocycles. The number of piperidine rings is 2. The number of hydrogen-bond acceptors (Lipinski definition) is 5. The van der Waals surface area contributed by atoms with Gasteiger partial charge < -0.3 is 9.80 Å². The molecule has 1 atom stereocenters. The Bertz CT molecular complexity index is 1060. The Kier molecular flexibility index (Phi) is 5.87. The number of pyridine rings is 1. The molecule has 1 unspecified atom stereocenters. The van der Waals surface area contributed by atoms with Crippen molar-refractivity contribution in [3.05, 3.63) is 59.4 Å². The molecular weight excluding hydrogens is 416 g/mol. The summed E-state index contributed by atoms with van der Waals surface area (Å²) in [5.41, 5.74) is 2.63. The fourth-order valence-corrected chi connectivity index (χ4v) is 5.42. The second-order valence-electron chi connectivity index (χ2n) is 9.39. The topological polar surface area (TPSA) is 73.8 Å². The molecule has 5 rings (SSSR count). The van der Waals surface area contributed by atoms with Crippen molar-refractivity contribution in [3.63, 3.8) is 0 Å². The molecule has 4 heterocycles. The highest BCUT2D eigenvalue weighted by Crippen LogP contribution is 2.35. The van der Waals surface area contributed by atoms with E-state index in [1.165, 1.54) is 11.3 Å². The van der Waals surface area contributed by atoms with Crippen molar-refractivity contribution in [3.8, 4) is 0 Å². The third kappa shape index (κ3) is 4.01. The first-order valence-electron chi connectivity index (χ1n) is 12.0. The quantitative estimate of drug-likeness (QED) is 0.672. The Hall–Kier alpha value is -3.22. The van der Waals surface area contributed by atoms with Gasteiger partial charge in [0.2, 0.25) is 5.91 Å². The minimum atomic E-state index is -0.252. The van der Waals surface area contributed by atoms with Crippen LogP contribution in [0.4, 0.5) is 5.69 Å². The van der Waals surface area contributed by atoms with E-state index in [0.717, 1.165) is 43.5 Å². The van der Waals surface area contributed by atoms with Gasteiger partial charge in [-0.1, -0.05) is 6.07 Å². The monoisotopic (exact) mass is 446 g/mol. The molecular formula is C26H30N4O3. The molecule has 3 amide bonds. The molecule has 1 aromatic heterocycles. The largest absolute Gasteiger partial charge is 0.371 e. The number of aromatic nitrogens is 1. The Morgan fingerprint density at radius 2 is 1.73 bits per heavy atom. The summed E-state index contributed by atoms with van der Waals surface area (Å²) in [5, 5.41) is 0. The molecule has 0 spiro atoms. The summed E-state index contributed by atoms with van der Waals surface area (Å²) in [5.74, 6) is -0.172. The highest BCUT2D eigenvalue weighted by molar-refractivity contribution is 6.23. The smallest absolute Gasteiger partial charge is 0.263 e. The van der Waals surface area contributed by atoms with Crippen molar-refractivity contribution in [2.24, 2.45) is 5.92 Å². The van der Waals surface area contributed by atoms with Crippen LogP contribution in [-0.2, 0) is 11.3 Å². The fourth-order valence-electron chi connectivity index (χ4n) is 5.42. The van der Waals surface area contributed by atoms with Gasteiger partial charge in [0.05, 0.1) is 23.4 Å². The van der Waals surface area contributed by atoms with Crippen LogP contribution in [0.3, 0.4) is 0 Å². The number of nitrogens with zero attached hydrogens (tertiary/aromatic N) is 4. The minimum absolute atomic E-state index is 0.0408. The molecule has 2 saturated heterocycles. The second-order valence-corrected chi connectivity index (χ2v) is 9.39. The van der Waals surface area contributed by atoms with E-state index in [0.29, 0.717) is 30.3 Å². The predicted molar refractivity (Wildman–Crippen MR) is 125 cm³/mol. The molecule has 0 aliphatic carbocycles. The Balaban J connectivity index is 1.30. The molecule has 33 heavy (non-hydrogen) atoms. The lowest BCUT2D eigenvalue weighted by atomic mass is 9.92. The second kappa shape index (κ2) is 8.96. The third-order valence-corrected chi connectivity index (χ3v) is 7.34. The minimum Gasteiger partial charge on any atom is -0.371 e. The first kappa shape index (κ1) is 21.6. The summed E-state index contributed by atoms with van der Waals surface area (Å²) in [6.45, 7) is 4.68. The van der Waals surface area contributed by atoms with Crippen molar-refractivity contribution in [1.82, 2.24) is 14.8 Å². The average Bonchev–Trinajstić information content (AvgIpc) is 3.10. The van der Waals surface area contributed by atoms with E-state index >= 15 is 0 Å². The number of benzene rings is 1. The summed E-state index contributed by atoms with van der Waals surface area (Å²) in [4.78, 5) is 49.0. The van der Waals surface area contributed by atoms with Crippen LogP contribution in [-0.4, -0.2) is 58.2 Å². The number of anilines is 1. The van der Waals surface area contributed by atoms with Gasteiger partial charge in [-0.15, -0.1) is 0 Å². The van der Waals surface area contributed by atoms with E-state index in [4.69, 9.17) is 0 Å². The van der Waals surface area contributed by atoms with Gasteiger partial charge in [-0.3, -0.25) is 24.3 Å². The maximum absolute atomic E-state index is 13.3. The number of carbonyl (C=O) groups excluding carboxylic acids is 3. The maximum Gasteiger partial charge on any atom is 0.263 e. The van der Waals surface area contributed by atoms with Gasteiger partial charge in [-0.25, -0.2) is 0 Å². The summed E-state index contributed by atoms with van der Waals surface area (Å²) >= 11 is 0. The van der Waals surface area contributed by atoms with Gasteiger partial charge >= 0.3 is 0 Å². The zero-order valence-corrected chi connectivity index (χ0v) is 19.1. The number of imide groups is 1.